The van der Waals surface area contributed by atoms with E-state index in [0.717, 1.165) is 32.5 Å². The maximum absolute atomic E-state index is 10.8. The van der Waals surface area contributed by atoms with E-state index in [4.69, 9.17) is 5.11 Å². The fraction of sp³-hybridized carbons (Fsp3) is 0.786. The summed E-state index contributed by atoms with van der Waals surface area (Å²) in [5, 5.41) is 8.86. The Morgan fingerprint density at radius 1 is 1.28 bits per heavy atom. The van der Waals surface area contributed by atoms with Crippen molar-refractivity contribution in [2.24, 2.45) is 0 Å². The third kappa shape index (κ3) is 5.65. The van der Waals surface area contributed by atoms with Crippen molar-refractivity contribution in [3.63, 3.8) is 0 Å². The molecular formula is C14H28N2O2. The third-order valence-corrected chi connectivity index (χ3v) is 3.33. The molecule has 4 heteroatoms. The molecule has 0 saturated heterocycles. The second-order valence-electron chi connectivity index (χ2n) is 4.63. The van der Waals surface area contributed by atoms with E-state index < -0.39 is 5.97 Å². The van der Waals surface area contributed by atoms with E-state index in [9.17, 15) is 4.79 Å². The maximum Gasteiger partial charge on any atom is 0.330 e. The molecule has 106 valence electrons. The van der Waals surface area contributed by atoms with Crippen molar-refractivity contribution in [2.45, 2.75) is 46.2 Å². The summed E-state index contributed by atoms with van der Waals surface area (Å²) in [6.07, 6.45) is 2.78. The largest absolute Gasteiger partial charge is 0.478 e. The molecule has 0 aliphatic heterocycles. The van der Waals surface area contributed by atoms with Gasteiger partial charge in [-0.3, -0.25) is 9.80 Å². The normalized spacial score (nSPS) is 13.0. The summed E-state index contributed by atoms with van der Waals surface area (Å²) in [6.45, 7) is 13.0. The van der Waals surface area contributed by atoms with E-state index in [1.54, 1.807) is 0 Å². The van der Waals surface area contributed by atoms with E-state index in [2.05, 4.69) is 44.2 Å². The lowest BCUT2D eigenvalue weighted by molar-refractivity contribution is -0.132. The average Bonchev–Trinajstić information content (AvgIpc) is 2.34. The van der Waals surface area contributed by atoms with Gasteiger partial charge in [-0.2, -0.15) is 0 Å². The second kappa shape index (κ2) is 9.11. The summed E-state index contributed by atoms with van der Waals surface area (Å²) in [7, 11) is 2.11. The van der Waals surface area contributed by atoms with Gasteiger partial charge < -0.3 is 5.11 Å². The smallest absolute Gasteiger partial charge is 0.330 e. The Morgan fingerprint density at radius 2 is 1.83 bits per heavy atom. The second-order valence-corrected chi connectivity index (χ2v) is 4.63. The molecule has 0 rings (SSSR count). The summed E-state index contributed by atoms with van der Waals surface area (Å²) < 4.78 is 0. The van der Waals surface area contributed by atoms with Crippen LogP contribution < -0.4 is 0 Å². The topological polar surface area (TPSA) is 43.8 Å². The summed E-state index contributed by atoms with van der Waals surface area (Å²) in [4.78, 5) is 15.5. The van der Waals surface area contributed by atoms with Gasteiger partial charge in [0.1, 0.15) is 0 Å². The Labute approximate surface area is 111 Å². The van der Waals surface area contributed by atoms with E-state index in [1.165, 1.54) is 0 Å². The van der Waals surface area contributed by atoms with Gasteiger partial charge >= 0.3 is 5.97 Å². The number of rotatable bonds is 10. The lowest BCUT2D eigenvalue weighted by Crippen LogP contribution is -2.46. The number of nitrogens with zero attached hydrogens (tertiary/aromatic N) is 2. The zero-order chi connectivity index (χ0) is 14.1. The third-order valence-electron chi connectivity index (χ3n) is 3.33. The monoisotopic (exact) mass is 256 g/mol. The first-order chi connectivity index (χ1) is 8.47. The van der Waals surface area contributed by atoms with Crippen molar-refractivity contribution in [3.8, 4) is 0 Å². The first kappa shape index (κ1) is 17.1. The van der Waals surface area contributed by atoms with Crippen LogP contribution in [-0.2, 0) is 4.79 Å². The van der Waals surface area contributed by atoms with Crippen LogP contribution in [0.3, 0.4) is 0 Å². The average molecular weight is 256 g/mol. The van der Waals surface area contributed by atoms with Crippen LogP contribution >= 0.6 is 0 Å². The minimum absolute atomic E-state index is 0.302. The standard InChI is InChI=1S/C14H28N2O2/c1-6-11-15(5)13(16(7-2)8-3)10-9-12(4)14(17)18/h13H,4,6-11H2,1-3,5H3,(H,17,18). The van der Waals surface area contributed by atoms with Crippen molar-refractivity contribution in [1.82, 2.24) is 9.80 Å². The molecule has 1 atom stereocenters. The molecule has 0 saturated carbocycles. The minimum atomic E-state index is -0.883. The Hall–Kier alpha value is -0.870. The molecule has 0 radical (unpaired) electrons. The molecule has 0 amide bonds. The fourth-order valence-electron chi connectivity index (χ4n) is 2.24. The quantitative estimate of drug-likeness (QED) is 0.481. The molecule has 0 aliphatic rings. The Bertz CT molecular complexity index is 263. The first-order valence-electron chi connectivity index (χ1n) is 6.83. The van der Waals surface area contributed by atoms with Gasteiger partial charge in [0.05, 0.1) is 6.17 Å². The molecule has 18 heavy (non-hydrogen) atoms. The molecule has 0 aromatic heterocycles. The van der Waals surface area contributed by atoms with Crippen molar-refractivity contribution in [1.29, 1.82) is 0 Å². The molecule has 0 aromatic carbocycles. The van der Waals surface area contributed by atoms with Crippen LogP contribution in [-0.4, -0.2) is 53.7 Å². The number of hydrogen-bond donors (Lipinski definition) is 1. The highest BCUT2D eigenvalue weighted by atomic mass is 16.4. The molecule has 0 aromatic rings. The molecular weight excluding hydrogens is 228 g/mol. The van der Waals surface area contributed by atoms with E-state index in [1.807, 2.05) is 0 Å². The molecule has 1 unspecified atom stereocenters. The number of aliphatic carboxylic acids is 1. The van der Waals surface area contributed by atoms with Crippen LogP contribution in [0, 0.1) is 0 Å². The van der Waals surface area contributed by atoms with Gasteiger partial charge in [-0.1, -0.05) is 27.4 Å². The fourth-order valence-corrected chi connectivity index (χ4v) is 2.24. The number of carboxylic acid groups (broad SMARTS) is 1. The number of carboxylic acids is 1. The summed E-state index contributed by atoms with van der Waals surface area (Å²) in [5.41, 5.74) is 0.303. The van der Waals surface area contributed by atoms with Gasteiger partial charge in [0.15, 0.2) is 0 Å². The Balaban J connectivity index is 4.55. The Morgan fingerprint density at radius 3 is 2.22 bits per heavy atom. The summed E-state index contributed by atoms with van der Waals surface area (Å²) in [6, 6.07) is 0. The summed E-state index contributed by atoms with van der Waals surface area (Å²) >= 11 is 0. The molecule has 0 spiro atoms. The number of carbonyl (C=O) groups is 1. The van der Waals surface area contributed by atoms with Gasteiger partial charge in [0, 0.05) is 5.57 Å². The lowest BCUT2D eigenvalue weighted by atomic mass is 10.1. The van der Waals surface area contributed by atoms with Gasteiger partial charge in [0.2, 0.25) is 0 Å². The number of hydrogen-bond acceptors (Lipinski definition) is 3. The van der Waals surface area contributed by atoms with Crippen LogP contribution in [0.25, 0.3) is 0 Å². The SMILES string of the molecule is C=C(CCC(N(C)CCC)N(CC)CC)C(=O)O. The van der Waals surface area contributed by atoms with Crippen LogP contribution in [0.5, 0.6) is 0 Å². The lowest BCUT2D eigenvalue weighted by Gasteiger charge is -2.36. The van der Waals surface area contributed by atoms with Crippen LogP contribution in [0.15, 0.2) is 12.2 Å². The van der Waals surface area contributed by atoms with Crippen LogP contribution in [0.4, 0.5) is 0 Å². The van der Waals surface area contributed by atoms with E-state index in [0.29, 0.717) is 18.2 Å². The molecule has 4 nitrogen and oxygen atoms in total. The highest BCUT2D eigenvalue weighted by molar-refractivity contribution is 5.85. The Kier molecular flexibility index (Phi) is 8.67. The van der Waals surface area contributed by atoms with E-state index in [-0.39, 0.29) is 0 Å². The van der Waals surface area contributed by atoms with Crippen molar-refractivity contribution >= 4 is 5.97 Å². The highest BCUT2D eigenvalue weighted by Crippen LogP contribution is 2.14. The van der Waals surface area contributed by atoms with Gasteiger partial charge in [-0.15, -0.1) is 0 Å². The highest BCUT2D eigenvalue weighted by Gasteiger charge is 2.20. The van der Waals surface area contributed by atoms with Gasteiger partial charge in [-0.05, 0) is 45.9 Å². The van der Waals surface area contributed by atoms with Gasteiger partial charge in [-0.25, -0.2) is 4.79 Å². The van der Waals surface area contributed by atoms with Crippen molar-refractivity contribution in [2.75, 3.05) is 26.7 Å². The first-order valence-corrected chi connectivity index (χ1v) is 6.83. The predicted molar refractivity (Wildman–Crippen MR) is 75.6 cm³/mol. The molecule has 0 heterocycles. The maximum atomic E-state index is 10.8. The van der Waals surface area contributed by atoms with Crippen LogP contribution in [0.1, 0.15) is 40.0 Å². The zero-order valence-electron chi connectivity index (χ0n) is 12.3. The summed E-state index contributed by atoms with van der Waals surface area (Å²) in [5.74, 6) is -0.883. The van der Waals surface area contributed by atoms with Crippen LogP contribution in [0.2, 0.25) is 0 Å². The minimum Gasteiger partial charge on any atom is -0.478 e. The molecule has 0 bridgehead atoms. The van der Waals surface area contributed by atoms with Crippen molar-refractivity contribution in [3.05, 3.63) is 12.2 Å². The van der Waals surface area contributed by atoms with Gasteiger partial charge in [0.25, 0.3) is 0 Å². The van der Waals surface area contributed by atoms with E-state index >= 15 is 0 Å². The molecule has 0 fully saturated rings. The zero-order valence-corrected chi connectivity index (χ0v) is 12.3. The molecule has 1 N–H and O–H groups in total. The molecule has 0 aliphatic carbocycles. The van der Waals surface area contributed by atoms with Crippen molar-refractivity contribution < 1.29 is 9.90 Å². The predicted octanol–water partition coefficient (Wildman–Crippen LogP) is 2.42.